The molecule has 2 amide bonds. The summed E-state index contributed by atoms with van der Waals surface area (Å²) in [5.41, 5.74) is 0. The fraction of sp³-hybridized carbons (Fsp3) is 0.333. The first kappa shape index (κ1) is 8.71. The highest BCUT2D eigenvalue weighted by Crippen LogP contribution is 2.02. The number of hydrogen-bond acceptors (Lipinski definition) is 2. The molecule has 0 saturated heterocycles. The van der Waals surface area contributed by atoms with E-state index in [1.165, 1.54) is 17.1 Å². The first-order valence-corrected chi connectivity index (χ1v) is 3.94. The molecular formula is C9H11NO2. The van der Waals surface area contributed by atoms with Crippen LogP contribution in [0.3, 0.4) is 0 Å². The molecular weight excluding hydrogens is 154 g/mol. The van der Waals surface area contributed by atoms with Crippen molar-refractivity contribution in [2.45, 2.75) is 13.3 Å². The second-order valence-electron chi connectivity index (χ2n) is 2.50. The second-order valence-corrected chi connectivity index (χ2v) is 2.50. The minimum absolute atomic E-state index is 0.222. The Morgan fingerprint density at radius 1 is 1.25 bits per heavy atom. The third-order valence-corrected chi connectivity index (χ3v) is 1.59. The van der Waals surface area contributed by atoms with Crippen LogP contribution in [0.1, 0.15) is 13.3 Å². The fourth-order valence-electron chi connectivity index (χ4n) is 0.958. The van der Waals surface area contributed by atoms with Gasteiger partial charge in [0.2, 0.25) is 0 Å². The Labute approximate surface area is 71.4 Å². The van der Waals surface area contributed by atoms with Crippen molar-refractivity contribution < 1.29 is 9.59 Å². The number of carbonyl (C=O) groups is 2. The van der Waals surface area contributed by atoms with Crippen LogP contribution in [0.4, 0.5) is 0 Å². The molecule has 0 aliphatic carbocycles. The van der Waals surface area contributed by atoms with Gasteiger partial charge in [0, 0.05) is 18.7 Å². The Hall–Kier alpha value is -1.38. The summed E-state index contributed by atoms with van der Waals surface area (Å²) in [6.07, 6.45) is 7.26. The topological polar surface area (TPSA) is 37.4 Å². The van der Waals surface area contributed by atoms with Gasteiger partial charge in [0.25, 0.3) is 11.8 Å². The maximum absolute atomic E-state index is 11.0. The van der Waals surface area contributed by atoms with Crippen molar-refractivity contribution in [3.05, 3.63) is 24.3 Å². The summed E-state index contributed by atoms with van der Waals surface area (Å²) in [5.74, 6) is -0.443. The van der Waals surface area contributed by atoms with Crippen LogP contribution < -0.4 is 0 Å². The number of nitrogens with zero attached hydrogens (tertiary/aromatic N) is 1. The average molecular weight is 165 g/mol. The lowest BCUT2D eigenvalue weighted by atomic mass is 10.4. The molecule has 0 saturated carbocycles. The van der Waals surface area contributed by atoms with Crippen molar-refractivity contribution in [3.63, 3.8) is 0 Å². The summed E-state index contributed by atoms with van der Waals surface area (Å²) in [7, 11) is 0. The molecule has 0 N–H and O–H groups in total. The third kappa shape index (κ3) is 1.81. The molecule has 12 heavy (non-hydrogen) atoms. The van der Waals surface area contributed by atoms with E-state index in [4.69, 9.17) is 0 Å². The number of carbonyl (C=O) groups excluding carboxylic acids is 2. The van der Waals surface area contributed by atoms with Gasteiger partial charge in [-0.15, -0.1) is 0 Å². The Morgan fingerprint density at radius 2 is 1.83 bits per heavy atom. The molecule has 0 spiro atoms. The number of imide groups is 1. The lowest BCUT2D eigenvalue weighted by molar-refractivity contribution is -0.136. The summed E-state index contributed by atoms with van der Waals surface area (Å²) in [4.78, 5) is 23.1. The molecule has 1 rings (SSSR count). The van der Waals surface area contributed by atoms with Crippen molar-refractivity contribution >= 4 is 11.8 Å². The summed E-state index contributed by atoms with van der Waals surface area (Å²) in [5, 5.41) is 0. The number of hydrogen-bond donors (Lipinski definition) is 0. The monoisotopic (exact) mass is 165 g/mol. The molecule has 3 heteroatoms. The Morgan fingerprint density at radius 3 is 2.33 bits per heavy atom. The first-order chi connectivity index (χ1) is 5.75. The van der Waals surface area contributed by atoms with Crippen LogP contribution in [-0.4, -0.2) is 23.3 Å². The number of amides is 2. The van der Waals surface area contributed by atoms with Gasteiger partial charge in [0.05, 0.1) is 0 Å². The van der Waals surface area contributed by atoms with E-state index in [2.05, 4.69) is 0 Å². The molecule has 0 aromatic heterocycles. The van der Waals surface area contributed by atoms with Crippen LogP contribution in [0.5, 0.6) is 0 Å². The molecule has 0 aromatic carbocycles. The van der Waals surface area contributed by atoms with Crippen LogP contribution in [0.25, 0.3) is 0 Å². The lowest BCUT2D eigenvalue weighted by Crippen LogP contribution is -2.29. The van der Waals surface area contributed by atoms with Gasteiger partial charge < -0.3 is 0 Å². The minimum atomic E-state index is -0.222. The van der Waals surface area contributed by atoms with Gasteiger partial charge in [-0.05, 0) is 6.42 Å². The van der Waals surface area contributed by atoms with Gasteiger partial charge in [0.15, 0.2) is 0 Å². The van der Waals surface area contributed by atoms with E-state index in [0.29, 0.717) is 6.54 Å². The maximum atomic E-state index is 11.0. The smallest absolute Gasteiger partial charge is 0.253 e. The van der Waals surface area contributed by atoms with Crippen molar-refractivity contribution in [3.8, 4) is 0 Å². The summed E-state index contributed by atoms with van der Waals surface area (Å²) >= 11 is 0. The van der Waals surface area contributed by atoms with E-state index in [1.807, 2.05) is 19.1 Å². The number of rotatable bonds is 3. The Balaban J connectivity index is 2.48. The van der Waals surface area contributed by atoms with E-state index in [9.17, 15) is 9.59 Å². The van der Waals surface area contributed by atoms with Gasteiger partial charge in [-0.1, -0.05) is 19.1 Å². The van der Waals surface area contributed by atoms with Gasteiger partial charge in [-0.25, -0.2) is 0 Å². The van der Waals surface area contributed by atoms with Crippen LogP contribution in [0, 0.1) is 0 Å². The zero-order valence-corrected chi connectivity index (χ0v) is 6.99. The second kappa shape index (κ2) is 3.85. The predicted octanol–water partition coefficient (Wildman–Crippen LogP) is 0.878. The normalized spacial score (nSPS) is 16.9. The number of allylic oxidation sites excluding steroid dienone is 1. The highest BCUT2D eigenvalue weighted by Gasteiger charge is 2.21. The van der Waals surface area contributed by atoms with Crippen LogP contribution in [0.2, 0.25) is 0 Å². The maximum Gasteiger partial charge on any atom is 0.253 e. The molecule has 3 nitrogen and oxygen atoms in total. The Kier molecular flexibility index (Phi) is 2.80. The average Bonchev–Trinajstić information content (AvgIpc) is 2.35. The van der Waals surface area contributed by atoms with Crippen molar-refractivity contribution in [1.82, 2.24) is 4.90 Å². The summed E-state index contributed by atoms with van der Waals surface area (Å²) in [6, 6.07) is 0. The van der Waals surface area contributed by atoms with Gasteiger partial charge >= 0.3 is 0 Å². The van der Waals surface area contributed by atoms with E-state index in [1.54, 1.807) is 0 Å². The zero-order chi connectivity index (χ0) is 8.97. The lowest BCUT2D eigenvalue weighted by Gasteiger charge is -2.09. The molecule has 0 unspecified atom stereocenters. The highest BCUT2D eigenvalue weighted by atomic mass is 16.2. The van der Waals surface area contributed by atoms with E-state index in [-0.39, 0.29) is 11.8 Å². The third-order valence-electron chi connectivity index (χ3n) is 1.59. The van der Waals surface area contributed by atoms with Crippen LogP contribution in [-0.2, 0) is 9.59 Å². The van der Waals surface area contributed by atoms with E-state index >= 15 is 0 Å². The highest BCUT2D eigenvalue weighted by molar-refractivity contribution is 6.12. The molecule has 0 aromatic rings. The van der Waals surface area contributed by atoms with Crippen LogP contribution in [0.15, 0.2) is 24.3 Å². The largest absolute Gasteiger partial charge is 0.272 e. The van der Waals surface area contributed by atoms with Crippen molar-refractivity contribution in [2.75, 3.05) is 6.54 Å². The summed E-state index contributed by atoms with van der Waals surface area (Å²) in [6.45, 7) is 2.39. The van der Waals surface area contributed by atoms with Gasteiger partial charge in [-0.3, -0.25) is 14.5 Å². The van der Waals surface area contributed by atoms with Gasteiger partial charge in [-0.2, -0.15) is 0 Å². The molecule has 0 atom stereocenters. The molecule has 1 aliphatic heterocycles. The molecule has 1 heterocycles. The predicted molar refractivity (Wildman–Crippen MR) is 45.3 cm³/mol. The first-order valence-electron chi connectivity index (χ1n) is 3.94. The minimum Gasteiger partial charge on any atom is -0.272 e. The van der Waals surface area contributed by atoms with Crippen molar-refractivity contribution in [2.24, 2.45) is 0 Å². The molecule has 0 radical (unpaired) electrons. The van der Waals surface area contributed by atoms with E-state index in [0.717, 1.165) is 6.42 Å². The zero-order valence-electron chi connectivity index (χ0n) is 6.99. The molecule has 1 aliphatic rings. The molecule has 0 bridgehead atoms. The fourth-order valence-corrected chi connectivity index (χ4v) is 0.958. The summed E-state index contributed by atoms with van der Waals surface area (Å²) < 4.78 is 0. The molecule has 64 valence electrons. The molecule has 0 fully saturated rings. The SMILES string of the molecule is CC/C=C/CN1C(=O)C=CC1=O. The quantitative estimate of drug-likeness (QED) is 0.460. The van der Waals surface area contributed by atoms with E-state index < -0.39 is 0 Å². The van der Waals surface area contributed by atoms with Gasteiger partial charge in [0.1, 0.15) is 0 Å². The van der Waals surface area contributed by atoms with Crippen LogP contribution >= 0.6 is 0 Å². The Bertz CT molecular complexity index is 235. The van der Waals surface area contributed by atoms with Crippen molar-refractivity contribution in [1.29, 1.82) is 0 Å². The standard InChI is InChI=1S/C9H11NO2/c1-2-3-4-7-10-8(11)5-6-9(10)12/h3-6H,2,7H2,1H3/b4-3+.